The van der Waals surface area contributed by atoms with Crippen molar-refractivity contribution in [2.24, 2.45) is 7.05 Å². The highest BCUT2D eigenvalue weighted by atomic mass is 16.2. The summed E-state index contributed by atoms with van der Waals surface area (Å²) in [5.41, 5.74) is 1.73. The zero-order valence-electron chi connectivity index (χ0n) is 12.3. The normalized spacial score (nSPS) is 12.3. The maximum atomic E-state index is 11.8. The summed E-state index contributed by atoms with van der Waals surface area (Å²) in [6.45, 7) is 4.38. The molecule has 0 saturated carbocycles. The van der Waals surface area contributed by atoms with E-state index in [1.807, 2.05) is 24.3 Å². The highest BCUT2D eigenvalue weighted by Crippen LogP contribution is 2.15. The second-order valence-electron chi connectivity index (χ2n) is 5.02. The molecule has 2 rings (SSSR count). The summed E-state index contributed by atoms with van der Waals surface area (Å²) in [5.74, 6) is 0. The van der Waals surface area contributed by atoms with Gasteiger partial charge in [-0.2, -0.15) is 9.78 Å². The van der Waals surface area contributed by atoms with E-state index in [-0.39, 0.29) is 5.69 Å². The first-order valence-corrected chi connectivity index (χ1v) is 7.13. The maximum absolute atomic E-state index is 11.8. The van der Waals surface area contributed by atoms with Gasteiger partial charge in [0.1, 0.15) is 6.33 Å². The Bertz CT molecular complexity index is 597. The van der Waals surface area contributed by atoms with Crippen LogP contribution >= 0.6 is 0 Å². The highest BCUT2D eigenvalue weighted by molar-refractivity contribution is 5.49. The molecule has 0 aliphatic carbocycles. The fourth-order valence-electron chi connectivity index (χ4n) is 2.22. The van der Waals surface area contributed by atoms with Crippen LogP contribution in [-0.4, -0.2) is 20.4 Å². The minimum absolute atomic E-state index is 0.136. The molecule has 0 saturated heterocycles. The quantitative estimate of drug-likeness (QED) is 0.880. The molecule has 1 unspecified atom stereocenters. The third kappa shape index (κ3) is 3.10. The smallest absolute Gasteiger partial charge is 0.350 e. The van der Waals surface area contributed by atoms with E-state index in [0.29, 0.717) is 6.04 Å². The van der Waals surface area contributed by atoms with Crippen molar-refractivity contribution in [1.82, 2.24) is 14.3 Å². The predicted octanol–water partition coefficient (Wildman–Crippen LogP) is 2.56. The van der Waals surface area contributed by atoms with Gasteiger partial charge in [-0.05, 0) is 37.1 Å². The average molecular weight is 274 g/mol. The van der Waals surface area contributed by atoms with Crippen LogP contribution in [0, 0.1) is 0 Å². The average Bonchev–Trinajstić information content (AvgIpc) is 2.79. The zero-order valence-corrected chi connectivity index (χ0v) is 12.3. The summed E-state index contributed by atoms with van der Waals surface area (Å²) in [4.78, 5) is 11.8. The van der Waals surface area contributed by atoms with Crippen molar-refractivity contribution < 1.29 is 0 Å². The highest BCUT2D eigenvalue weighted by Gasteiger charge is 2.06. The summed E-state index contributed by atoms with van der Waals surface area (Å²) >= 11 is 0. The van der Waals surface area contributed by atoms with E-state index in [0.717, 1.165) is 24.2 Å². The van der Waals surface area contributed by atoms with Crippen molar-refractivity contribution in [1.29, 1.82) is 0 Å². The van der Waals surface area contributed by atoms with Crippen molar-refractivity contribution in [3.05, 3.63) is 41.1 Å². The van der Waals surface area contributed by atoms with Gasteiger partial charge in [0.15, 0.2) is 0 Å². The van der Waals surface area contributed by atoms with Gasteiger partial charge in [-0.25, -0.2) is 4.79 Å². The summed E-state index contributed by atoms with van der Waals surface area (Å²) in [6, 6.07) is 8.32. The van der Waals surface area contributed by atoms with E-state index >= 15 is 0 Å². The first-order valence-electron chi connectivity index (χ1n) is 7.13. The Labute approximate surface area is 119 Å². The summed E-state index contributed by atoms with van der Waals surface area (Å²) in [6.07, 6.45) is 4.96. The Morgan fingerprint density at radius 1 is 1.25 bits per heavy atom. The Kier molecular flexibility index (Phi) is 4.61. The van der Waals surface area contributed by atoms with Gasteiger partial charge < -0.3 is 5.32 Å². The largest absolute Gasteiger partial charge is 0.382 e. The van der Waals surface area contributed by atoms with Crippen molar-refractivity contribution in [3.63, 3.8) is 0 Å². The lowest BCUT2D eigenvalue weighted by Gasteiger charge is -2.17. The Morgan fingerprint density at radius 3 is 2.45 bits per heavy atom. The van der Waals surface area contributed by atoms with E-state index in [1.54, 1.807) is 7.05 Å². The maximum Gasteiger partial charge on any atom is 0.350 e. The molecule has 0 bridgehead atoms. The van der Waals surface area contributed by atoms with Crippen molar-refractivity contribution in [2.45, 2.75) is 39.2 Å². The molecular formula is C15H22N4O. The van der Waals surface area contributed by atoms with E-state index in [2.05, 4.69) is 24.3 Å². The second-order valence-corrected chi connectivity index (χ2v) is 5.02. The Hall–Kier alpha value is -2.04. The monoisotopic (exact) mass is 274 g/mol. The third-order valence-electron chi connectivity index (χ3n) is 3.44. The van der Waals surface area contributed by atoms with E-state index in [9.17, 15) is 4.79 Å². The van der Waals surface area contributed by atoms with Gasteiger partial charge in [-0.3, -0.25) is 4.57 Å². The number of anilines is 1. The van der Waals surface area contributed by atoms with Gasteiger partial charge in [-0.1, -0.05) is 20.3 Å². The first kappa shape index (κ1) is 14.4. The number of aryl methyl sites for hydroxylation is 1. The fraction of sp³-hybridized carbons (Fsp3) is 0.467. The molecule has 1 aromatic carbocycles. The van der Waals surface area contributed by atoms with Gasteiger partial charge in [0, 0.05) is 18.8 Å². The number of nitrogens with one attached hydrogen (secondary N) is 1. The fourth-order valence-corrected chi connectivity index (χ4v) is 2.22. The second kappa shape index (κ2) is 6.41. The predicted molar refractivity (Wildman–Crippen MR) is 81.4 cm³/mol. The molecule has 108 valence electrons. The first-order chi connectivity index (χ1) is 9.65. The molecule has 0 aliphatic heterocycles. The standard InChI is InChI=1S/C15H22N4O/c1-4-6-12(5-2)17-13-7-9-14(10-8-13)19-15(20)18(3)11-16-19/h7-12,17H,4-6H2,1-3H3. The number of rotatable bonds is 6. The number of benzene rings is 1. The van der Waals surface area contributed by atoms with Crippen molar-refractivity contribution in [3.8, 4) is 5.69 Å². The van der Waals surface area contributed by atoms with Crippen LogP contribution in [0.4, 0.5) is 5.69 Å². The number of aromatic nitrogens is 3. The molecule has 1 atom stereocenters. The molecule has 1 heterocycles. The van der Waals surface area contributed by atoms with Crippen LogP contribution in [0.25, 0.3) is 5.69 Å². The number of nitrogens with zero attached hydrogens (tertiary/aromatic N) is 3. The summed E-state index contributed by atoms with van der Waals surface area (Å²) < 4.78 is 2.85. The molecule has 0 fully saturated rings. The zero-order chi connectivity index (χ0) is 14.5. The minimum Gasteiger partial charge on any atom is -0.382 e. The van der Waals surface area contributed by atoms with Gasteiger partial charge in [0.05, 0.1) is 5.69 Å². The Balaban J connectivity index is 2.14. The van der Waals surface area contributed by atoms with E-state index in [1.165, 1.54) is 22.0 Å². The van der Waals surface area contributed by atoms with Crippen LogP contribution in [0.15, 0.2) is 35.4 Å². The molecule has 0 spiro atoms. The lowest BCUT2D eigenvalue weighted by atomic mass is 10.1. The molecule has 1 aromatic heterocycles. The van der Waals surface area contributed by atoms with Crippen LogP contribution in [0.1, 0.15) is 33.1 Å². The molecule has 0 aliphatic rings. The van der Waals surface area contributed by atoms with Gasteiger partial charge in [0.2, 0.25) is 0 Å². The molecule has 20 heavy (non-hydrogen) atoms. The van der Waals surface area contributed by atoms with Crippen LogP contribution in [0.2, 0.25) is 0 Å². The van der Waals surface area contributed by atoms with Gasteiger partial charge in [0.25, 0.3) is 0 Å². The SMILES string of the molecule is CCCC(CC)Nc1ccc(-n2ncn(C)c2=O)cc1. The van der Waals surface area contributed by atoms with Crippen LogP contribution in [-0.2, 0) is 7.05 Å². The van der Waals surface area contributed by atoms with Crippen LogP contribution in [0.5, 0.6) is 0 Å². The van der Waals surface area contributed by atoms with E-state index in [4.69, 9.17) is 0 Å². The molecule has 1 N–H and O–H groups in total. The topological polar surface area (TPSA) is 51.9 Å². The third-order valence-corrected chi connectivity index (χ3v) is 3.44. The van der Waals surface area contributed by atoms with Crippen molar-refractivity contribution in [2.75, 3.05) is 5.32 Å². The summed E-state index contributed by atoms with van der Waals surface area (Å²) in [5, 5.41) is 7.58. The lowest BCUT2D eigenvalue weighted by Crippen LogP contribution is -2.21. The Morgan fingerprint density at radius 2 is 1.95 bits per heavy atom. The molecule has 0 radical (unpaired) electrons. The van der Waals surface area contributed by atoms with Crippen LogP contribution in [0.3, 0.4) is 0 Å². The molecule has 5 nitrogen and oxygen atoms in total. The summed E-state index contributed by atoms with van der Waals surface area (Å²) in [7, 11) is 1.69. The van der Waals surface area contributed by atoms with Gasteiger partial charge >= 0.3 is 5.69 Å². The van der Waals surface area contributed by atoms with Crippen molar-refractivity contribution >= 4 is 5.69 Å². The number of hydrogen-bond acceptors (Lipinski definition) is 3. The minimum atomic E-state index is -0.136. The molecular weight excluding hydrogens is 252 g/mol. The van der Waals surface area contributed by atoms with E-state index < -0.39 is 0 Å². The lowest BCUT2D eigenvalue weighted by molar-refractivity contribution is 0.623. The number of hydrogen-bond donors (Lipinski definition) is 1. The molecule has 0 amide bonds. The molecule has 5 heteroatoms. The molecule has 2 aromatic rings. The van der Waals surface area contributed by atoms with Crippen LogP contribution < -0.4 is 11.0 Å². The van der Waals surface area contributed by atoms with Gasteiger partial charge in [-0.15, -0.1) is 0 Å².